The van der Waals surface area contributed by atoms with Gasteiger partial charge in [-0.25, -0.2) is 0 Å². The van der Waals surface area contributed by atoms with E-state index in [-0.39, 0.29) is 24.5 Å². The number of nitrogens with one attached hydrogen (secondary N) is 2. The lowest BCUT2D eigenvalue weighted by Gasteiger charge is -1.97. The van der Waals surface area contributed by atoms with Crippen molar-refractivity contribution >= 4 is 17.9 Å². The van der Waals surface area contributed by atoms with E-state index in [0.717, 1.165) is 0 Å². The number of likely N-dealkylation sites (N-methyl/N-ethyl adjacent to an activating group) is 1. The Morgan fingerprint density at radius 1 is 1.67 bits per heavy atom. The number of hydrogen-bond donors (Lipinski definition) is 3. The van der Waals surface area contributed by atoms with Crippen molar-refractivity contribution in [3.05, 3.63) is 0 Å². The van der Waals surface area contributed by atoms with Crippen LogP contribution in [0.15, 0.2) is 4.42 Å². The van der Waals surface area contributed by atoms with Crippen LogP contribution in [0.2, 0.25) is 0 Å². The molecule has 4 N–H and O–H groups in total. The highest BCUT2D eigenvalue weighted by Gasteiger charge is 2.03. The van der Waals surface area contributed by atoms with E-state index in [9.17, 15) is 4.79 Å². The maximum atomic E-state index is 10.7. The first-order valence-corrected chi connectivity index (χ1v) is 3.26. The van der Waals surface area contributed by atoms with Gasteiger partial charge in [0.25, 0.3) is 0 Å². The molecule has 66 valence electrons. The molecule has 0 fully saturated rings. The molecule has 1 aromatic rings. The minimum atomic E-state index is -0.174. The predicted octanol–water partition coefficient (Wildman–Crippen LogP) is -1.19. The zero-order chi connectivity index (χ0) is 8.97. The Labute approximate surface area is 68.3 Å². The monoisotopic (exact) mass is 171 g/mol. The number of aromatic nitrogens is 2. The summed E-state index contributed by atoms with van der Waals surface area (Å²) >= 11 is 0. The summed E-state index contributed by atoms with van der Waals surface area (Å²) < 4.78 is 4.74. The van der Waals surface area contributed by atoms with Crippen molar-refractivity contribution in [2.75, 3.05) is 24.6 Å². The molecule has 1 aromatic heterocycles. The van der Waals surface area contributed by atoms with Crippen molar-refractivity contribution in [2.24, 2.45) is 0 Å². The summed E-state index contributed by atoms with van der Waals surface area (Å²) in [6.07, 6.45) is 0. The van der Waals surface area contributed by atoms with E-state index in [0.29, 0.717) is 0 Å². The van der Waals surface area contributed by atoms with Crippen LogP contribution >= 0.6 is 0 Å². The standard InChI is InChI=1S/C5H9N5O2/c1-7-3(11)2-8-5-10-9-4(6)12-5/h2H2,1H3,(H2,6,9)(H,7,11)(H,8,10). The normalized spacial score (nSPS) is 9.42. The summed E-state index contributed by atoms with van der Waals surface area (Å²) in [5, 5.41) is 11.9. The molecule has 1 rings (SSSR count). The van der Waals surface area contributed by atoms with Gasteiger partial charge < -0.3 is 20.8 Å². The average Bonchev–Trinajstić information content (AvgIpc) is 2.47. The molecule has 0 unspecified atom stereocenters. The van der Waals surface area contributed by atoms with Crippen LogP contribution in [0, 0.1) is 0 Å². The molecular formula is C5H9N5O2. The second-order valence-corrected chi connectivity index (χ2v) is 1.97. The molecule has 1 amide bonds. The van der Waals surface area contributed by atoms with Gasteiger partial charge in [0.1, 0.15) is 0 Å². The van der Waals surface area contributed by atoms with Gasteiger partial charge in [-0.3, -0.25) is 4.79 Å². The zero-order valence-corrected chi connectivity index (χ0v) is 6.50. The van der Waals surface area contributed by atoms with Crippen molar-refractivity contribution in [1.29, 1.82) is 0 Å². The van der Waals surface area contributed by atoms with Gasteiger partial charge in [-0.05, 0) is 0 Å². The minimum absolute atomic E-state index is 0.0330. The van der Waals surface area contributed by atoms with Crippen molar-refractivity contribution in [1.82, 2.24) is 15.5 Å². The van der Waals surface area contributed by atoms with Gasteiger partial charge in [0.05, 0.1) is 6.54 Å². The Morgan fingerprint density at radius 2 is 2.42 bits per heavy atom. The largest absolute Gasteiger partial charge is 0.390 e. The van der Waals surface area contributed by atoms with E-state index in [1.54, 1.807) is 0 Å². The van der Waals surface area contributed by atoms with Crippen LogP contribution in [-0.2, 0) is 4.79 Å². The summed E-state index contributed by atoms with van der Waals surface area (Å²) in [6, 6.07) is 0.102. The summed E-state index contributed by atoms with van der Waals surface area (Å²) in [7, 11) is 1.53. The zero-order valence-electron chi connectivity index (χ0n) is 6.50. The fraction of sp³-hybridized carbons (Fsp3) is 0.400. The molecule has 7 nitrogen and oxygen atoms in total. The fourth-order valence-corrected chi connectivity index (χ4v) is 0.550. The predicted molar refractivity (Wildman–Crippen MR) is 41.3 cm³/mol. The maximum Gasteiger partial charge on any atom is 0.317 e. The third-order valence-electron chi connectivity index (χ3n) is 1.12. The van der Waals surface area contributed by atoms with E-state index in [1.165, 1.54) is 7.05 Å². The van der Waals surface area contributed by atoms with Gasteiger partial charge in [0.2, 0.25) is 5.91 Å². The summed E-state index contributed by atoms with van der Waals surface area (Å²) in [6.45, 7) is 0.0815. The molecule has 0 aliphatic heterocycles. The molecule has 0 spiro atoms. The molecule has 0 aliphatic rings. The third kappa shape index (κ3) is 2.11. The number of rotatable bonds is 3. The highest BCUT2D eigenvalue weighted by atomic mass is 16.4. The number of carbonyl (C=O) groups is 1. The van der Waals surface area contributed by atoms with Crippen LogP contribution in [0.3, 0.4) is 0 Å². The lowest BCUT2D eigenvalue weighted by atomic mass is 10.6. The number of amides is 1. The first-order valence-electron chi connectivity index (χ1n) is 3.26. The Hall–Kier alpha value is -1.79. The number of hydrogen-bond acceptors (Lipinski definition) is 6. The SMILES string of the molecule is CNC(=O)CNc1nnc(N)o1. The van der Waals surface area contributed by atoms with Gasteiger partial charge in [-0.1, -0.05) is 10.2 Å². The van der Waals surface area contributed by atoms with Crippen molar-refractivity contribution in [2.45, 2.75) is 0 Å². The quantitative estimate of drug-likeness (QED) is 0.528. The van der Waals surface area contributed by atoms with Crippen LogP contribution in [0.5, 0.6) is 0 Å². The van der Waals surface area contributed by atoms with Gasteiger partial charge >= 0.3 is 12.0 Å². The molecule has 0 radical (unpaired) electrons. The highest BCUT2D eigenvalue weighted by Crippen LogP contribution is 2.04. The topological polar surface area (TPSA) is 106 Å². The second-order valence-electron chi connectivity index (χ2n) is 1.97. The molecule has 7 heteroatoms. The number of nitrogen functional groups attached to an aromatic ring is 1. The van der Waals surface area contributed by atoms with Crippen LogP contribution in [0.4, 0.5) is 12.0 Å². The van der Waals surface area contributed by atoms with Gasteiger partial charge in [0.15, 0.2) is 0 Å². The lowest BCUT2D eigenvalue weighted by Crippen LogP contribution is -2.26. The van der Waals surface area contributed by atoms with Gasteiger partial charge in [-0.2, -0.15) is 0 Å². The number of nitrogens with two attached hydrogens (primary N) is 1. The number of carbonyl (C=O) groups excluding carboxylic acids is 1. The molecule has 0 bridgehead atoms. The summed E-state index contributed by atoms with van der Waals surface area (Å²) in [5.41, 5.74) is 5.14. The fourth-order valence-electron chi connectivity index (χ4n) is 0.550. The Balaban J connectivity index is 2.38. The Morgan fingerprint density at radius 3 is 2.92 bits per heavy atom. The molecule has 0 saturated carbocycles. The van der Waals surface area contributed by atoms with Crippen molar-refractivity contribution in [3.63, 3.8) is 0 Å². The first-order chi connectivity index (χ1) is 5.72. The molecule has 1 heterocycles. The lowest BCUT2D eigenvalue weighted by molar-refractivity contribution is -0.118. The molecule has 0 aliphatic carbocycles. The number of anilines is 2. The third-order valence-corrected chi connectivity index (χ3v) is 1.12. The minimum Gasteiger partial charge on any atom is -0.390 e. The van der Waals surface area contributed by atoms with E-state index >= 15 is 0 Å². The maximum absolute atomic E-state index is 10.7. The van der Waals surface area contributed by atoms with Gasteiger partial charge in [-0.15, -0.1) is 0 Å². The molecule has 0 saturated heterocycles. The van der Waals surface area contributed by atoms with Crippen LogP contribution in [-0.4, -0.2) is 29.7 Å². The molecular weight excluding hydrogens is 162 g/mol. The smallest absolute Gasteiger partial charge is 0.317 e. The molecule has 0 atom stereocenters. The molecule has 0 aromatic carbocycles. The Bertz CT molecular complexity index is 271. The van der Waals surface area contributed by atoms with Crippen molar-refractivity contribution < 1.29 is 9.21 Å². The van der Waals surface area contributed by atoms with Crippen LogP contribution in [0.1, 0.15) is 0 Å². The van der Waals surface area contributed by atoms with Crippen LogP contribution in [0.25, 0.3) is 0 Å². The highest BCUT2D eigenvalue weighted by molar-refractivity contribution is 5.79. The molecule has 12 heavy (non-hydrogen) atoms. The van der Waals surface area contributed by atoms with Crippen LogP contribution < -0.4 is 16.4 Å². The van der Waals surface area contributed by atoms with E-state index < -0.39 is 0 Å². The second kappa shape index (κ2) is 3.56. The van der Waals surface area contributed by atoms with Gasteiger partial charge in [0, 0.05) is 7.05 Å². The van der Waals surface area contributed by atoms with E-state index in [4.69, 9.17) is 10.2 Å². The first kappa shape index (κ1) is 8.31. The Kier molecular flexibility index (Phi) is 2.46. The van der Waals surface area contributed by atoms with E-state index in [2.05, 4.69) is 20.8 Å². The summed E-state index contributed by atoms with van der Waals surface area (Å²) in [4.78, 5) is 10.7. The summed E-state index contributed by atoms with van der Waals surface area (Å²) in [5.74, 6) is -0.174. The van der Waals surface area contributed by atoms with E-state index in [1.807, 2.05) is 0 Å². The number of nitrogens with zero attached hydrogens (tertiary/aromatic N) is 2. The average molecular weight is 171 g/mol. The van der Waals surface area contributed by atoms with Crippen molar-refractivity contribution in [3.8, 4) is 0 Å².